The van der Waals surface area contributed by atoms with Crippen molar-refractivity contribution < 1.29 is 23.8 Å². The van der Waals surface area contributed by atoms with Gasteiger partial charge in [-0.1, -0.05) is 0 Å². The van der Waals surface area contributed by atoms with Gasteiger partial charge in [-0.05, 0) is 39.3 Å². The Labute approximate surface area is 112 Å². The predicted octanol–water partition coefficient (Wildman–Crippen LogP) is 1.53. The van der Waals surface area contributed by atoms with Crippen LogP contribution in [0.25, 0.3) is 0 Å². The predicted molar refractivity (Wildman–Crippen MR) is 67.3 cm³/mol. The van der Waals surface area contributed by atoms with Gasteiger partial charge in [0.2, 0.25) is 0 Å². The lowest BCUT2D eigenvalue weighted by atomic mass is 9.83. The van der Waals surface area contributed by atoms with Crippen LogP contribution >= 0.6 is 0 Å². The molecule has 0 aromatic rings. The minimum Gasteiger partial charge on any atom is -0.463 e. The minimum absolute atomic E-state index is 0.252. The smallest absolute Gasteiger partial charge is 0.337 e. The molecule has 0 saturated carbocycles. The zero-order chi connectivity index (χ0) is 14.2. The normalized spacial score (nSPS) is 28.4. The van der Waals surface area contributed by atoms with E-state index in [1.54, 1.807) is 20.8 Å². The number of hydrogen-bond acceptors (Lipinski definition) is 5. The average molecular weight is 266 g/mol. The van der Waals surface area contributed by atoms with Crippen molar-refractivity contribution in [1.29, 1.82) is 0 Å². The summed E-state index contributed by atoms with van der Waals surface area (Å²) in [6.45, 7) is 7.60. The third-order valence-corrected chi connectivity index (χ3v) is 3.52. The molecule has 2 unspecified atom stereocenters. The number of carbonyl (C=O) groups is 2. The molecular weight excluding hydrogens is 248 g/mol. The van der Waals surface area contributed by atoms with Crippen LogP contribution in [0.2, 0.25) is 0 Å². The lowest BCUT2D eigenvalue weighted by Gasteiger charge is -2.24. The van der Waals surface area contributed by atoms with Gasteiger partial charge >= 0.3 is 11.9 Å². The first-order chi connectivity index (χ1) is 8.95. The van der Waals surface area contributed by atoms with Crippen molar-refractivity contribution in [3.8, 4) is 0 Å². The topological polar surface area (TPSA) is 61.8 Å². The van der Waals surface area contributed by atoms with Crippen molar-refractivity contribution in [3.63, 3.8) is 0 Å². The first kappa shape index (κ1) is 13.8. The van der Waals surface area contributed by atoms with E-state index in [1.165, 1.54) is 0 Å². The fraction of sp³-hybridized carbons (Fsp3) is 0.571. The molecule has 0 amide bonds. The summed E-state index contributed by atoms with van der Waals surface area (Å²) in [5.74, 6) is -1.02. The van der Waals surface area contributed by atoms with E-state index in [2.05, 4.69) is 0 Å². The Kier molecular flexibility index (Phi) is 3.49. The maximum absolute atomic E-state index is 12.1. The number of carbonyl (C=O) groups excluding carboxylic acids is 2. The van der Waals surface area contributed by atoms with Crippen LogP contribution in [0.15, 0.2) is 22.8 Å². The molecular formula is C14H18O5. The zero-order valence-electron chi connectivity index (χ0n) is 11.6. The van der Waals surface area contributed by atoms with Gasteiger partial charge < -0.3 is 14.2 Å². The van der Waals surface area contributed by atoms with E-state index in [-0.39, 0.29) is 24.4 Å². The molecule has 0 spiro atoms. The van der Waals surface area contributed by atoms with Gasteiger partial charge in [0.05, 0.1) is 24.4 Å². The Morgan fingerprint density at radius 3 is 2.42 bits per heavy atom. The van der Waals surface area contributed by atoms with Gasteiger partial charge in [0, 0.05) is 0 Å². The fourth-order valence-electron chi connectivity index (χ4n) is 2.50. The van der Waals surface area contributed by atoms with Crippen LogP contribution in [0, 0.1) is 0 Å². The summed E-state index contributed by atoms with van der Waals surface area (Å²) in [4.78, 5) is 24.1. The third-order valence-electron chi connectivity index (χ3n) is 3.52. The molecule has 2 atom stereocenters. The van der Waals surface area contributed by atoms with Crippen LogP contribution in [0.5, 0.6) is 0 Å². The monoisotopic (exact) mass is 266 g/mol. The van der Waals surface area contributed by atoms with E-state index in [0.717, 1.165) is 5.57 Å². The molecule has 2 aliphatic heterocycles. The van der Waals surface area contributed by atoms with Crippen molar-refractivity contribution in [2.45, 2.75) is 39.4 Å². The second kappa shape index (κ2) is 4.81. The number of hydrogen-bond donors (Lipinski definition) is 0. The molecule has 0 fully saturated rings. The van der Waals surface area contributed by atoms with Crippen LogP contribution in [-0.2, 0) is 23.8 Å². The SMILES string of the molecule is CCOC(=O)C1=C(C(=O)OCC)C2(C)OC1C=C2C. The van der Waals surface area contributed by atoms with Crippen LogP contribution < -0.4 is 0 Å². The van der Waals surface area contributed by atoms with Gasteiger partial charge in [-0.25, -0.2) is 9.59 Å². The fourth-order valence-corrected chi connectivity index (χ4v) is 2.50. The lowest BCUT2D eigenvalue weighted by molar-refractivity contribution is -0.142. The number of fused-ring (bicyclic) bond motifs is 2. The molecule has 0 aromatic heterocycles. The van der Waals surface area contributed by atoms with Crippen molar-refractivity contribution in [2.75, 3.05) is 13.2 Å². The Bertz CT molecular complexity index is 488. The molecule has 0 saturated heterocycles. The minimum atomic E-state index is -0.876. The molecule has 19 heavy (non-hydrogen) atoms. The highest BCUT2D eigenvalue weighted by atomic mass is 16.6. The first-order valence-corrected chi connectivity index (χ1v) is 6.41. The molecule has 5 nitrogen and oxygen atoms in total. The summed E-state index contributed by atoms with van der Waals surface area (Å²) >= 11 is 0. The van der Waals surface area contributed by atoms with Crippen LogP contribution in [0.3, 0.4) is 0 Å². The number of rotatable bonds is 4. The van der Waals surface area contributed by atoms with Crippen molar-refractivity contribution >= 4 is 11.9 Å². The molecule has 0 N–H and O–H groups in total. The van der Waals surface area contributed by atoms with Gasteiger partial charge in [-0.2, -0.15) is 0 Å². The highest BCUT2D eigenvalue weighted by Crippen LogP contribution is 2.47. The largest absolute Gasteiger partial charge is 0.463 e. The van der Waals surface area contributed by atoms with Gasteiger partial charge in [-0.3, -0.25) is 0 Å². The summed E-state index contributed by atoms with van der Waals surface area (Å²) in [6, 6.07) is 0. The number of ether oxygens (including phenoxy) is 3. The molecule has 0 aromatic carbocycles. The molecule has 5 heteroatoms. The van der Waals surface area contributed by atoms with E-state index in [4.69, 9.17) is 14.2 Å². The Morgan fingerprint density at radius 1 is 1.26 bits per heavy atom. The van der Waals surface area contributed by atoms with Crippen LogP contribution in [0.1, 0.15) is 27.7 Å². The van der Waals surface area contributed by atoms with Crippen molar-refractivity contribution in [3.05, 3.63) is 22.8 Å². The second-order valence-corrected chi connectivity index (χ2v) is 4.65. The Morgan fingerprint density at radius 2 is 1.84 bits per heavy atom. The highest BCUT2D eigenvalue weighted by molar-refractivity contribution is 6.05. The van der Waals surface area contributed by atoms with Gasteiger partial charge in [0.25, 0.3) is 0 Å². The Hall–Kier alpha value is -1.62. The van der Waals surface area contributed by atoms with E-state index in [0.29, 0.717) is 0 Å². The van der Waals surface area contributed by atoms with E-state index in [1.807, 2.05) is 13.0 Å². The van der Waals surface area contributed by atoms with Crippen molar-refractivity contribution in [1.82, 2.24) is 0 Å². The molecule has 2 heterocycles. The second-order valence-electron chi connectivity index (χ2n) is 4.65. The third kappa shape index (κ3) is 1.98. The van der Waals surface area contributed by atoms with Gasteiger partial charge in [-0.15, -0.1) is 0 Å². The standard InChI is InChI=1S/C14H18O5/c1-5-17-12(15)10-9-7-8(3)14(4,19-9)11(10)13(16)18-6-2/h7,9H,5-6H2,1-4H3. The highest BCUT2D eigenvalue weighted by Gasteiger charge is 2.54. The molecule has 2 aliphatic rings. The maximum atomic E-state index is 12.1. The molecule has 0 radical (unpaired) electrons. The van der Waals surface area contributed by atoms with E-state index < -0.39 is 23.6 Å². The summed E-state index contributed by atoms with van der Waals surface area (Å²) in [5, 5.41) is 0. The maximum Gasteiger partial charge on any atom is 0.337 e. The summed E-state index contributed by atoms with van der Waals surface area (Å²) in [7, 11) is 0. The molecule has 0 aliphatic carbocycles. The number of esters is 2. The average Bonchev–Trinajstić information content (AvgIpc) is 2.78. The van der Waals surface area contributed by atoms with Crippen molar-refractivity contribution in [2.24, 2.45) is 0 Å². The first-order valence-electron chi connectivity index (χ1n) is 6.41. The van der Waals surface area contributed by atoms with Gasteiger partial charge in [0.1, 0.15) is 11.7 Å². The Balaban J connectivity index is 2.45. The molecule has 2 bridgehead atoms. The van der Waals surface area contributed by atoms with Crippen LogP contribution in [-0.4, -0.2) is 36.9 Å². The summed E-state index contributed by atoms with van der Waals surface area (Å²) in [5.41, 5.74) is 0.582. The van der Waals surface area contributed by atoms with Gasteiger partial charge in [0.15, 0.2) is 0 Å². The summed E-state index contributed by atoms with van der Waals surface area (Å²) < 4.78 is 15.8. The quantitative estimate of drug-likeness (QED) is 0.570. The zero-order valence-corrected chi connectivity index (χ0v) is 11.6. The summed E-state index contributed by atoms with van der Waals surface area (Å²) in [6.07, 6.45) is 1.33. The molecule has 104 valence electrons. The van der Waals surface area contributed by atoms with Crippen LogP contribution in [0.4, 0.5) is 0 Å². The van der Waals surface area contributed by atoms with E-state index in [9.17, 15) is 9.59 Å². The molecule has 2 rings (SSSR count). The van der Waals surface area contributed by atoms with E-state index >= 15 is 0 Å². The lowest BCUT2D eigenvalue weighted by Crippen LogP contribution is -2.32.